The molecule has 1 N–H and O–H groups in total. The van der Waals surface area contributed by atoms with Crippen molar-refractivity contribution in [1.82, 2.24) is 14.8 Å². The predicted octanol–water partition coefficient (Wildman–Crippen LogP) is 4.54. The Morgan fingerprint density at radius 2 is 1.93 bits per heavy atom. The van der Waals surface area contributed by atoms with Crippen molar-refractivity contribution in [3.8, 4) is 11.4 Å². The number of benzene rings is 1. The van der Waals surface area contributed by atoms with Gasteiger partial charge < -0.3 is 14.3 Å². The molecule has 7 heteroatoms. The van der Waals surface area contributed by atoms with E-state index in [1.54, 1.807) is 6.26 Å². The highest BCUT2D eigenvalue weighted by Crippen LogP contribution is 2.28. The highest BCUT2D eigenvalue weighted by Gasteiger charge is 2.19. The molecule has 0 spiro atoms. The zero-order valence-electron chi connectivity index (χ0n) is 16.0. The minimum absolute atomic E-state index is 0.0657. The van der Waals surface area contributed by atoms with Crippen LogP contribution >= 0.6 is 11.8 Å². The average molecular weight is 385 g/mol. The summed E-state index contributed by atoms with van der Waals surface area (Å²) < 4.78 is 7.47. The molecule has 142 valence electrons. The average Bonchev–Trinajstić information content (AvgIpc) is 3.20. The second-order valence-corrected chi connectivity index (χ2v) is 7.85. The first-order chi connectivity index (χ1) is 12.9. The third-order valence-corrected chi connectivity index (χ3v) is 5.00. The lowest BCUT2D eigenvalue weighted by Crippen LogP contribution is -2.15. The molecular weight excluding hydrogens is 360 g/mol. The minimum atomic E-state index is -0.0657. The molecule has 0 atom stereocenters. The van der Waals surface area contributed by atoms with E-state index in [4.69, 9.17) is 4.42 Å². The maximum atomic E-state index is 12.3. The number of furan rings is 1. The predicted molar refractivity (Wildman–Crippen MR) is 108 cm³/mol. The van der Waals surface area contributed by atoms with Gasteiger partial charge in [-0.1, -0.05) is 43.3 Å². The molecular formula is C20H24N4O2S. The van der Waals surface area contributed by atoms with Crippen LogP contribution in [0.3, 0.4) is 0 Å². The molecule has 3 aromatic rings. The highest BCUT2D eigenvalue weighted by atomic mass is 32.2. The van der Waals surface area contributed by atoms with E-state index in [1.807, 2.05) is 44.2 Å². The minimum Gasteiger partial charge on any atom is -0.469 e. The fourth-order valence-electron chi connectivity index (χ4n) is 2.71. The number of thioether (sulfide) groups is 1. The fourth-order valence-corrected chi connectivity index (χ4v) is 3.45. The van der Waals surface area contributed by atoms with Crippen LogP contribution in [0.25, 0.3) is 11.4 Å². The van der Waals surface area contributed by atoms with E-state index in [-0.39, 0.29) is 11.7 Å². The molecule has 2 heterocycles. The van der Waals surface area contributed by atoms with Gasteiger partial charge in [0, 0.05) is 12.2 Å². The molecule has 0 radical (unpaired) electrons. The van der Waals surface area contributed by atoms with Crippen LogP contribution in [0.5, 0.6) is 0 Å². The molecule has 2 aromatic heterocycles. The van der Waals surface area contributed by atoms with Gasteiger partial charge in [0.25, 0.3) is 0 Å². The SMILES string of the molecule is Cc1ccc(NC(=O)CSc2nnc(-c3ccoc3C)n2CC(C)C)cc1. The normalized spacial score (nSPS) is 11.1. The van der Waals surface area contributed by atoms with E-state index in [9.17, 15) is 4.79 Å². The molecule has 0 unspecified atom stereocenters. The number of hydrogen-bond acceptors (Lipinski definition) is 5. The monoisotopic (exact) mass is 384 g/mol. The zero-order chi connectivity index (χ0) is 19.4. The lowest BCUT2D eigenvalue weighted by molar-refractivity contribution is -0.113. The first-order valence-corrected chi connectivity index (χ1v) is 9.89. The molecule has 0 saturated carbocycles. The number of carbonyl (C=O) groups is 1. The van der Waals surface area contributed by atoms with Gasteiger partial charge in [0.05, 0.1) is 17.6 Å². The Hall–Kier alpha value is -2.54. The smallest absolute Gasteiger partial charge is 0.234 e. The number of aromatic nitrogens is 3. The van der Waals surface area contributed by atoms with Crippen LogP contribution in [-0.4, -0.2) is 26.4 Å². The summed E-state index contributed by atoms with van der Waals surface area (Å²) in [6, 6.07) is 9.65. The molecule has 0 aliphatic carbocycles. The topological polar surface area (TPSA) is 73.0 Å². The van der Waals surface area contributed by atoms with Gasteiger partial charge in [-0.3, -0.25) is 4.79 Å². The number of nitrogens with zero attached hydrogens (tertiary/aromatic N) is 3. The molecule has 1 amide bonds. The number of aryl methyl sites for hydroxylation is 2. The molecule has 1 aromatic carbocycles. The van der Waals surface area contributed by atoms with Crippen molar-refractivity contribution >= 4 is 23.4 Å². The van der Waals surface area contributed by atoms with Crippen LogP contribution in [0.4, 0.5) is 5.69 Å². The van der Waals surface area contributed by atoms with E-state index < -0.39 is 0 Å². The summed E-state index contributed by atoms with van der Waals surface area (Å²) in [5.41, 5.74) is 2.88. The first-order valence-electron chi connectivity index (χ1n) is 8.91. The van der Waals surface area contributed by atoms with Crippen LogP contribution in [0, 0.1) is 19.8 Å². The number of anilines is 1. The van der Waals surface area contributed by atoms with Gasteiger partial charge in [-0.05, 0) is 38.0 Å². The summed E-state index contributed by atoms with van der Waals surface area (Å²) >= 11 is 1.39. The van der Waals surface area contributed by atoms with Crippen LogP contribution in [-0.2, 0) is 11.3 Å². The van der Waals surface area contributed by atoms with Crippen molar-refractivity contribution in [1.29, 1.82) is 0 Å². The number of amides is 1. The van der Waals surface area contributed by atoms with Crippen molar-refractivity contribution in [2.75, 3.05) is 11.1 Å². The van der Waals surface area contributed by atoms with Gasteiger partial charge in [-0.25, -0.2) is 0 Å². The van der Waals surface area contributed by atoms with E-state index >= 15 is 0 Å². The Kier molecular flexibility index (Phi) is 6.01. The van der Waals surface area contributed by atoms with Gasteiger partial charge in [0.1, 0.15) is 5.76 Å². The van der Waals surface area contributed by atoms with Crippen molar-refractivity contribution in [2.45, 2.75) is 39.4 Å². The Balaban J connectivity index is 1.72. The van der Waals surface area contributed by atoms with Crippen molar-refractivity contribution in [2.24, 2.45) is 5.92 Å². The maximum Gasteiger partial charge on any atom is 0.234 e. The highest BCUT2D eigenvalue weighted by molar-refractivity contribution is 7.99. The van der Waals surface area contributed by atoms with Crippen molar-refractivity contribution in [3.63, 3.8) is 0 Å². The number of carbonyl (C=O) groups excluding carboxylic acids is 1. The largest absolute Gasteiger partial charge is 0.469 e. The van der Waals surface area contributed by atoms with Crippen LogP contribution < -0.4 is 5.32 Å². The summed E-state index contributed by atoms with van der Waals surface area (Å²) in [5.74, 6) is 2.21. The molecule has 0 bridgehead atoms. The molecule has 0 fully saturated rings. The molecule has 6 nitrogen and oxygen atoms in total. The van der Waals surface area contributed by atoms with E-state index in [0.717, 1.165) is 40.1 Å². The molecule has 0 saturated heterocycles. The number of nitrogens with one attached hydrogen (secondary N) is 1. The van der Waals surface area contributed by atoms with Gasteiger partial charge >= 0.3 is 0 Å². The summed E-state index contributed by atoms with van der Waals surface area (Å²) in [5, 5.41) is 12.3. The lowest BCUT2D eigenvalue weighted by atomic mass is 10.2. The molecule has 0 aliphatic rings. The second kappa shape index (κ2) is 8.43. The third-order valence-electron chi connectivity index (χ3n) is 4.03. The number of hydrogen-bond donors (Lipinski definition) is 1. The van der Waals surface area contributed by atoms with Crippen molar-refractivity contribution in [3.05, 3.63) is 47.9 Å². The van der Waals surface area contributed by atoms with Crippen molar-refractivity contribution < 1.29 is 9.21 Å². The van der Waals surface area contributed by atoms with Gasteiger partial charge in [0.15, 0.2) is 11.0 Å². The van der Waals surface area contributed by atoms with E-state index in [1.165, 1.54) is 11.8 Å². The van der Waals surface area contributed by atoms with Gasteiger partial charge in [0.2, 0.25) is 5.91 Å². The standard InChI is InChI=1S/C20H24N4O2S/c1-13(2)11-24-19(17-9-10-26-15(17)4)22-23-20(24)27-12-18(25)21-16-7-5-14(3)6-8-16/h5-10,13H,11-12H2,1-4H3,(H,21,25). The van der Waals surface area contributed by atoms with E-state index in [0.29, 0.717) is 5.92 Å². The van der Waals surface area contributed by atoms with Crippen LogP contribution in [0.15, 0.2) is 46.2 Å². The zero-order valence-corrected chi connectivity index (χ0v) is 16.8. The Labute approximate surface area is 163 Å². The van der Waals surface area contributed by atoms with Crippen LogP contribution in [0.1, 0.15) is 25.2 Å². The third kappa shape index (κ3) is 4.80. The van der Waals surface area contributed by atoms with Gasteiger partial charge in [-0.15, -0.1) is 10.2 Å². The molecule has 27 heavy (non-hydrogen) atoms. The summed E-state index contributed by atoms with van der Waals surface area (Å²) in [4.78, 5) is 12.3. The Bertz CT molecular complexity index is 912. The molecule has 0 aliphatic heterocycles. The first kappa shape index (κ1) is 19.2. The molecule has 3 rings (SSSR count). The Morgan fingerprint density at radius 1 is 1.19 bits per heavy atom. The van der Waals surface area contributed by atoms with Crippen LogP contribution in [0.2, 0.25) is 0 Å². The summed E-state index contributed by atoms with van der Waals surface area (Å²) in [7, 11) is 0. The lowest BCUT2D eigenvalue weighted by Gasteiger charge is -2.12. The number of rotatable bonds is 7. The summed E-state index contributed by atoms with van der Waals surface area (Å²) in [6.45, 7) is 8.98. The Morgan fingerprint density at radius 3 is 2.56 bits per heavy atom. The quantitative estimate of drug-likeness (QED) is 0.605. The van der Waals surface area contributed by atoms with E-state index in [2.05, 4.69) is 33.9 Å². The van der Waals surface area contributed by atoms with Gasteiger partial charge in [-0.2, -0.15) is 0 Å². The second-order valence-electron chi connectivity index (χ2n) is 6.90. The maximum absolute atomic E-state index is 12.3. The summed E-state index contributed by atoms with van der Waals surface area (Å²) in [6.07, 6.45) is 1.65. The fraction of sp³-hybridized carbons (Fsp3) is 0.350.